The highest BCUT2D eigenvalue weighted by Crippen LogP contribution is 2.26. The van der Waals surface area contributed by atoms with Gasteiger partial charge in [0, 0.05) is 22.4 Å². The van der Waals surface area contributed by atoms with Gasteiger partial charge in [0.05, 0.1) is 22.9 Å². The van der Waals surface area contributed by atoms with Crippen LogP contribution < -0.4 is 5.32 Å². The molecule has 1 N–H and O–H groups in total. The fourth-order valence-corrected chi connectivity index (χ4v) is 3.39. The number of carbonyl (C=O) groups excluding carboxylic acids is 2. The summed E-state index contributed by atoms with van der Waals surface area (Å²) in [6.07, 6.45) is 0. The van der Waals surface area contributed by atoms with Crippen molar-refractivity contribution in [2.45, 2.75) is 17.6 Å². The fourth-order valence-electron chi connectivity index (χ4n) is 2.47. The van der Waals surface area contributed by atoms with Crippen molar-refractivity contribution in [2.24, 2.45) is 0 Å². The number of thioether (sulfide) groups is 1. The first-order valence-electron chi connectivity index (χ1n) is 8.66. The van der Waals surface area contributed by atoms with Gasteiger partial charge in [0.25, 0.3) is 5.91 Å². The Morgan fingerprint density at radius 2 is 2.03 bits per heavy atom. The van der Waals surface area contributed by atoms with Gasteiger partial charge in [-0.25, -0.2) is 4.79 Å². The van der Waals surface area contributed by atoms with E-state index in [9.17, 15) is 9.59 Å². The summed E-state index contributed by atoms with van der Waals surface area (Å²) in [7, 11) is 0. The Morgan fingerprint density at radius 3 is 2.79 bits per heavy atom. The molecule has 146 valence electrons. The molecule has 2 aromatic carbocycles. The van der Waals surface area contributed by atoms with Gasteiger partial charge in [0.15, 0.2) is 6.61 Å². The third kappa shape index (κ3) is 5.70. The highest BCUT2D eigenvalue weighted by Gasteiger charge is 2.15. The lowest BCUT2D eigenvalue weighted by Gasteiger charge is -2.09. The highest BCUT2D eigenvalue weighted by molar-refractivity contribution is 7.98. The molecule has 0 aliphatic rings. The number of esters is 1. The molecule has 1 aromatic heterocycles. The number of benzene rings is 2. The quantitative estimate of drug-likeness (QED) is 0.467. The minimum atomic E-state index is -0.592. The molecule has 0 atom stereocenters. The number of aryl methyl sites for hydroxylation is 1. The van der Waals surface area contributed by atoms with Crippen LogP contribution in [0, 0.1) is 18.3 Å². The average Bonchev–Trinajstić information content (AvgIpc) is 3.16. The van der Waals surface area contributed by atoms with Crippen LogP contribution >= 0.6 is 11.8 Å². The molecule has 0 spiro atoms. The normalized spacial score (nSPS) is 10.2. The first kappa shape index (κ1) is 20.2. The number of ether oxygens (including phenoxy) is 1. The number of hydrogen-bond donors (Lipinski definition) is 1. The smallest absolute Gasteiger partial charge is 0.339 e. The molecule has 0 saturated heterocycles. The molecular weight excluding hydrogens is 390 g/mol. The number of amides is 1. The number of nitriles is 1. The summed E-state index contributed by atoms with van der Waals surface area (Å²) in [5.74, 6) is 0.179. The molecule has 0 fully saturated rings. The maximum absolute atomic E-state index is 12.4. The second-order valence-electron chi connectivity index (χ2n) is 6.03. The van der Waals surface area contributed by atoms with Crippen LogP contribution in [0.5, 0.6) is 0 Å². The Morgan fingerprint density at radius 1 is 1.21 bits per heavy atom. The van der Waals surface area contributed by atoms with Crippen LogP contribution in [0.1, 0.15) is 27.4 Å². The summed E-state index contributed by atoms with van der Waals surface area (Å²) in [5, 5.41) is 15.4. The van der Waals surface area contributed by atoms with E-state index in [1.165, 1.54) is 17.8 Å². The maximum atomic E-state index is 12.4. The number of nitrogens with one attached hydrogen (secondary N) is 1. The Bertz CT molecular complexity index is 1070. The van der Waals surface area contributed by atoms with Gasteiger partial charge in [-0.2, -0.15) is 5.26 Å². The van der Waals surface area contributed by atoms with Gasteiger partial charge >= 0.3 is 5.97 Å². The number of anilines is 1. The van der Waals surface area contributed by atoms with Gasteiger partial charge in [0.2, 0.25) is 0 Å². The Balaban J connectivity index is 1.57. The van der Waals surface area contributed by atoms with Crippen molar-refractivity contribution >= 4 is 29.3 Å². The molecule has 0 saturated carbocycles. The molecule has 1 amide bonds. The summed E-state index contributed by atoms with van der Waals surface area (Å²) < 4.78 is 10.2. The summed E-state index contributed by atoms with van der Waals surface area (Å²) in [5.41, 5.74) is 2.03. The molecule has 0 aliphatic carbocycles. The zero-order chi connectivity index (χ0) is 20.6. The minimum Gasteiger partial charge on any atom is -0.452 e. The predicted octanol–water partition coefficient (Wildman–Crippen LogP) is 3.94. The van der Waals surface area contributed by atoms with Gasteiger partial charge in [-0.15, -0.1) is 11.8 Å². The van der Waals surface area contributed by atoms with Crippen molar-refractivity contribution in [2.75, 3.05) is 11.9 Å². The van der Waals surface area contributed by atoms with E-state index in [2.05, 4.69) is 10.5 Å². The number of aromatic nitrogens is 1. The fraction of sp³-hybridized carbons (Fsp3) is 0.143. The highest BCUT2D eigenvalue weighted by atomic mass is 32.2. The molecular formula is C21H17N3O4S. The molecule has 3 aromatic rings. The van der Waals surface area contributed by atoms with E-state index in [1.807, 2.05) is 31.2 Å². The van der Waals surface area contributed by atoms with E-state index in [4.69, 9.17) is 14.5 Å². The lowest BCUT2D eigenvalue weighted by molar-refractivity contribution is -0.119. The van der Waals surface area contributed by atoms with E-state index in [0.717, 1.165) is 16.3 Å². The van der Waals surface area contributed by atoms with E-state index in [0.29, 0.717) is 22.6 Å². The van der Waals surface area contributed by atoms with Crippen molar-refractivity contribution in [1.82, 2.24) is 5.16 Å². The SMILES string of the molecule is Cc1cc(CSc2ccccc2C(=O)OCC(=O)Nc2cccc(C#N)c2)no1. The van der Waals surface area contributed by atoms with Gasteiger partial charge in [0.1, 0.15) is 5.76 Å². The minimum absolute atomic E-state index is 0.372. The van der Waals surface area contributed by atoms with Crippen LogP contribution in [0.15, 0.2) is 64.0 Å². The number of nitrogens with zero attached hydrogens (tertiary/aromatic N) is 2. The molecule has 0 aliphatic heterocycles. The molecule has 8 heteroatoms. The standard InChI is InChI=1S/C21H17N3O4S/c1-14-9-17(24-28-14)13-29-19-8-3-2-7-18(19)21(26)27-12-20(25)23-16-6-4-5-15(10-16)11-22/h2-10H,12-13H2,1H3,(H,23,25). The van der Waals surface area contributed by atoms with E-state index in [-0.39, 0.29) is 0 Å². The van der Waals surface area contributed by atoms with Crippen molar-refractivity contribution in [3.8, 4) is 6.07 Å². The van der Waals surface area contributed by atoms with Gasteiger partial charge in [-0.1, -0.05) is 23.4 Å². The zero-order valence-electron chi connectivity index (χ0n) is 15.5. The van der Waals surface area contributed by atoms with Crippen LogP contribution in [0.3, 0.4) is 0 Å². The summed E-state index contributed by atoms with van der Waals surface area (Å²) in [4.78, 5) is 25.2. The van der Waals surface area contributed by atoms with Crippen molar-refractivity contribution in [1.29, 1.82) is 5.26 Å². The largest absolute Gasteiger partial charge is 0.452 e. The van der Waals surface area contributed by atoms with Gasteiger partial charge < -0.3 is 14.6 Å². The predicted molar refractivity (Wildman–Crippen MR) is 107 cm³/mol. The third-order valence-electron chi connectivity index (χ3n) is 3.77. The second kappa shape index (κ2) is 9.57. The molecule has 0 radical (unpaired) electrons. The molecule has 7 nitrogen and oxygen atoms in total. The van der Waals surface area contributed by atoms with E-state index < -0.39 is 18.5 Å². The maximum Gasteiger partial charge on any atom is 0.339 e. The third-order valence-corrected chi connectivity index (χ3v) is 4.88. The Hall–Kier alpha value is -3.57. The molecule has 3 rings (SSSR count). The van der Waals surface area contributed by atoms with Crippen LogP contribution in [0.4, 0.5) is 5.69 Å². The van der Waals surface area contributed by atoms with Crippen LogP contribution in [-0.4, -0.2) is 23.6 Å². The molecule has 29 heavy (non-hydrogen) atoms. The monoisotopic (exact) mass is 407 g/mol. The zero-order valence-corrected chi connectivity index (χ0v) is 16.4. The van der Waals surface area contributed by atoms with Crippen molar-refractivity contribution in [3.05, 3.63) is 77.2 Å². The van der Waals surface area contributed by atoms with Gasteiger partial charge in [-0.3, -0.25) is 4.79 Å². The lowest BCUT2D eigenvalue weighted by atomic mass is 10.2. The number of hydrogen-bond acceptors (Lipinski definition) is 7. The van der Waals surface area contributed by atoms with Crippen molar-refractivity contribution < 1.29 is 18.8 Å². The number of carbonyl (C=O) groups is 2. The van der Waals surface area contributed by atoms with Crippen LogP contribution in [-0.2, 0) is 15.3 Å². The van der Waals surface area contributed by atoms with Gasteiger partial charge in [-0.05, 0) is 37.3 Å². The number of rotatable bonds is 7. The van der Waals surface area contributed by atoms with E-state index in [1.54, 1.807) is 30.3 Å². The average molecular weight is 407 g/mol. The summed E-state index contributed by atoms with van der Waals surface area (Å²) in [6.45, 7) is 1.38. The van der Waals surface area contributed by atoms with Crippen molar-refractivity contribution in [3.63, 3.8) is 0 Å². The first-order chi connectivity index (χ1) is 14.0. The second-order valence-corrected chi connectivity index (χ2v) is 7.05. The summed E-state index contributed by atoms with van der Waals surface area (Å²) in [6, 6.07) is 17.3. The molecule has 1 heterocycles. The van der Waals surface area contributed by atoms with Crippen LogP contribution in [0.25, 0.3) is 0 Å². The first-order valence-corrected chi connectivity index (χ1v) is 9.65. The molecule has 0 unspecified atom stereocenters. The Kier molecular flexibility index (Phi) is 6.66. The topological polar surface area (TPSA) is 105 Å². The molecule has 0 bridgehead atoms. The summed E-state index contributed by atoms with van der Waals surface area (Å²) >= 11 is 1.43. The van der Waals surface area contributed by atoms with Crippen LogP contribution in [0.2, 0.25) is 0 Å². The lowest BCUT2D eigenvalue weighted by Crippen LogP contribution is -2.21. The van der Waals surface area contributed by atoms with E-state index >= 15 is 0 Å². The Labute approximate surface area is 171 Å².